The summed E-state index contributed by atoms with van der Waals surface area (Å²) in [4.78, 5) is 4.47. The summed E-state index contributed by atoms with van der Waals surface area (Å²) in [6.07, 6.45) is 2.22. The Morgan fingerprint density at radius 1 is 1.35 bits per heavy atom. The quantitative estimate of drug-likeness (QED) is 0.805. The van der Waals surface area contributed by atoms with Gasteiger partial charge in [0.1, 0.15) is 5.52 Å². The number of aryl methyl sites for hydroxylation is 1. The zero-order chi connectivity index (χ0) is 12.3. The van der Waals surface area contributed by atoms with Crippen LogP contribution >= 0.6 is 0 Å². The molecular formula is C14H20N2O. The molecule has 0 saturated carbocycles. The van der Waals surface area contributed by atoms with Crippen LogP contribution in [-0.4, -0.2) is 18.6 Å². The van der Waals surface area contributed by atoms with Gasteiger partial charge in [-0.3, -0.25) is 0 Å². The first-order chi connectivity index (χ1) is 8.20. The lowest BCUT2D eigenvalue weighted by molar-refractivity contribution is 0.501. The molecule has 0 spiro atoms. The third-order valence-corrected chi connectivity index (χ3v) is 2.86. The van der Waals surface area contributed by atoms with Gasteiger partial charge >= 0.3 is 0 Å². The smallest absolute Gasteiger partial charge is 0.198 e. The summed E-state index contributed by atoms with van der Waals surface area (Å²) < 4.78 is 5.75. The zero-order valence-corrected chi connectivity index (χ0v) is 10.8. The van der Waals surface area contributed by atoms with E-state index in [0.29, 0.717) is 5.92 Å². The van der Waals surface area contributed by atoms with Crippen molar-refractivity contribution >= 4 is 11.1 Å². The van der Waals surface area contributed by atoms with Crippen LogP contribution in [0.5, 0.6) is 0 Å². The van der Waals surface area contributed by atoms with Crippen molar-refractivity contribution in [2.45, 2.75) is 32.6 Å². The highest BCUT2D eigenvalue weighted by Gasteiger charge is 2.09. The molecule has 0 aliphatic heterocycles. The van der Waals surface area contributed by atoms with Gasteiger partial charge in [0.25, 0.3) is 0 Å². The van der Waals surface area contributed by atoms with Crippen molar-refractivity contribution in [3.05, 3.63) is 29.7 Å². The number of benzene rings is 1. The summed E-state index contributed by atoms with van der Waals surface area (Å²) >= 11 is 0. The first kappa shape index (κ1) is 12.1. The van der Waals surface area contributed by atoms with E-state index in [1.807, 2.05) is 7.05 Å². The Morgan fingerprint density at radius 2 is 2.18 bits per heavy atom. The Balaban J connectivity index is 2.18. The Kier molecular flexibility index (Phi) is 3.79. The number of hydrogen-bond donors (Lipinski definition) is 1. The average molecular weight is 232 g/mol. The number of aromatic nitrogens is 1. The topological polar surface area (TPSA) is 38.1 Å². The van der Waals surface area contributed by atoms with Gasteiger partial charge in [-0.05, 0) is 44.1 Å². The standard InChI is InChI=1S/C14H20N2O/c1-10(2)14-16-12-7-6-11(5-4-8-15-3)9-13(12)17-14/h6-7,9-10,15H,4-5,8H2,1-3H3. The molecule has 0 aliphatic rings. The third-order valence-electron chi connectivity index (χ3n) is 2.86. The lowest BCUT2D eigenvalue weighted by atomic mass is 10.1. The zero-order valence-electron chi connectivity index (χ0n) is 10.8. The van der Waals surface area contributed by atoms with Crippen LogP contribution in [0.3, 0.4) is 0 Å². The van der Waals surface area contributed by atoms with Gasteiger partial charge in [-0.2, -0.15) is 0 Å². The Morgan fingerprint density at radius 3 is 2.88 bits per heavy atom. The molecule has 0 saturated heterocycles. The Hall–Kier alpha value is -1.35. The Bertz CT molecular complexity index is 488. The molecule has 0 fully saturated rings. The van der Waals surface area contributed by atoms with Crippen LogP contribution < -0.4 is 5.32 Å². The maximum absolute atomic E-state index is 5.75. The van der Waals surface area contributed by atoms with E-state index in [4.69, 9.17) is 4.42 Å². The summed E-state index contributed by atoms with van der Waals surface area (Å²) in [5.74, 6) is 1.17. The van der Waals surface area contributed by atoms with Crippen LogP contribution in [0.2, 0.25) is 0 Å². The van der Waals surface area contributed by atoms with E-state index in [1.54, 1.807) is 0 Å². The van der Waals surface area contributed by atoms with Gasteiger partial charge in [-0.25, -0.2) is 4.98 Å². The van der Waals surface area contributed by atoms with E-state index in [1.165, 1.54) is 5.56 Å². The van der Waals surface area contributed by atoms with Gasteiger partial charge < -0.3 is 9.73 Å². The molecule has 3 nitrogen and oxygen atoms in total. The fraction of sp³-hybridized carbons (Fsp3) is 0.500. The van der Waals surface area contributed by atoms with E-state index >= 15 is 0 Å². The first-order valence-electron chi connectivity index (χ1n) is 6.24. The Labute approximate surface area is 102 Å². The van der Waals surface area contributed by atoms with Crippen molar-refractivity contribution in [3.8, 4) is 0 Å². The molecule has 2 rings (SSSR count). The molecule has 2 aromatic rings. The number of nitrogens with one attached hydrogen (secondary N) is 1. The summed E-state index contributed by atoms with van der Waals surface area (Å²) in [7, 11) is 1.98. The van der Waals surface area contributed by atoms with Gasteiger partial charge in [0.15, 0.2) is 11.5 Å². The largest absolute Gasteiger partial charge is 0.440 e. The molecule has 0 amide bonds. The van der Waals surface area contributed by atoms with Gasteiger partial charge in [0.05, 0.1) is 0 Å². The third kappa shape index (κ3) is 2.86. The SMILES string of the molecule is CNCCCc1ccc2nc(C(C)C)oc2c1. The normalized spacial score (nSPS) is 11.5. The van der Waals surface area contributed by atoms with Gasteiger partial charge in [-0.15, -0.1) is 0 Å². The fourth-order valence-corrected chi connectivity index (χ4v) is 1.86. The highest BCUT2D eigenvalue weighted by molar-refractivity contribution is 5.73. The molecular weight excluding hydrogens is 212 g/mol. The maximum atomic E-state index is 5.75. The minimum atomic E-state index is 0.343. The number of nitrogens with zero attached hydrogens (tertiary/aromatic N) is 1. The molecule has 1 N–H and O–H groups in total. The number of hydrogen-bond acceptors (Lipinski definition) is 3. The van der Waals surface area contributed by atoms with Gasteiger partial charge in [0.2, 0.25) is 0 Å². The first-order valence-corrected chi connectivity index (χ1v) is 6.24. The molecule has 0 unspecified atom stereocenters. The van der Waals surface area contributed by atoms with Crippen LogP contribution in [0.15, 0.2) is 22.6 Å². The maximum Gasteiger partial charge on any atom is 0.198 e. The van der Waals surface area contributed by atoms with Crippen LogP contribution in [0.25, 0.3) is 11.1 Å². The predicted molar refractivity (Wildman–Crippen MR) is 70.3 cm³/mol. The minimum absolute atomic E-state index is 0.343. The second kappa shape index (κ2) is 5.32. The van der Waals surface area contributed by atoms with E-state index in [0.717, 1.165) is 36.4 Å². The van der Waals surface area contributed by atoms with E-state index in [2.05, 4.69) is 42.3 Å². The molecule has 3 heteroatoms. The second-order valence-electron chi connectivity index (χ2n) is 4.72. The van der Waals surface area contributed by atoms with Crippen LogP contribution in [0.1, 0.15) is 37.6 Å². The van der Waals surface area contributed by atoms with E-state index < -0.39 is 0 Å². The summed E-state index contributed by atoms with van der Waals surface area (Å²) in [5.41, 5.74) is 3.20. The monoisotopic (exact) mass is 232 g/mol. The van der Waals surface area contributed by atoms with E-state index in [9.17, 15) is 0 Å². The van der Waals surface area contributed by atoms with Crippen LogP contribution in [0, 0.1) is 0 Å². The van der Waals surface area contributed by atoms with Crippen molar-refractivity contribution in [2.75, 3.05) is 13.6 Å². The second-order valence-corrected chi connectivity index (χ2v) is 4.72. The lowest BCUT2D eigenvalue weighted by Crippen LogP contribution is -2.08. The number of fused-ring (bicyclic) bond motifs is 1. The molecule has 0 aliphatic carbocycles. The summed E-state index contributed by atoms with van der Waals surface area (Å²) in [6, 6.07) is 6.31. The number of oxazole rings is 1. The van der Waals surface area contributed by atoms with Crippen molar-refractivity contribution in [1.82, 2.24) is 10.3 Å². The van der Waals surface area contributed by atoms with Crippen molar-refractivity contribution in [3.63, 3.8) is 0 Å². The van der Waals surface area contributed by atoms with E-state index in [-0.39, 0.29) is 0 Å². The average Bonchev–Trinajstić information content (AvgIpc) is 2.72. The van der Waals surface area contributed by atoms with Crippen molar-refractivity contribution in [1.29, 1.82) is 0 Å². The highest BCUT2D eigenvalue weighted by atomic mass is 16.3. The van der Waals surface area contributed by atoms with Gasteiger partial charge in [0, 0.05) is 5.92 Å². The molecule has 1 heterocycles. The fourth-order valence-electron chi connectivity index (χ4n) is 1.86. The molecule has 0 radical (unpaired) electrons. The molecule has 0 bridgehead atoms. The van der Waals surface area contributed by atoms with Crippen molar-refractivity contribution < 1.29 is 4.42 Å². The summed E-state index contributed by atoms with van der Waals surface area (Å²) in [5, 5.41) is 3.16. The highest BCUT2D eigenvalue weighted by Crippen LogP contribution is 2.22. The van der Waals surface area contributed by atoms with Crippen LogP contribution in [0.4, 0.5) is 0 Å². The van der Waals surface area contributed by atoms with Gasteiger partial charge in [-0.1, -0.05) is 19.9 Å². The number of rotatable bonds is 5. The van der Waals surface area contributed by atoms with Crippen LogP contribution in [-0.2, 0) is 6.42 Å². The molecule has 1 aromatic carbocycles. The molecule has 17 heavy (non-hydrogen) atoms. The molecule has 1 aromatic heterocycles. The lowest BCUT2D eigenvalue weighted by Gasteiger charge is -2.00. The minimum Gasteiger partial charge on any atom is -0.440 e. The molecule has 0 atom stereocenters. The summed E-state index contributed by atoms with van der Waals surface area (Å²) in [6.45, 7) is 5.24. The molecule has 92 valence electrons. The van der Waals surface area contributed by atoms with Crippen molar-refractivity contribution in [2.24, 2.45) is 0 Å². The predicted octanol–water partition coefficient (Wildman–Crippen LogP) is 3.10.